The topological polar surface area (TPSA) is 30.7 Å². The first-order valence-electron chi connectivity index (χ1n) is 7.21. The predicted octanol–water partition coefficient (Wildman–Crippen LogP) is 3.71. The third-order valence-corrected chi connectivity index (χ3v) is 6.19. The standard InChI is InChI=1S/C14H20ClN3/c1-9(18-8-16-17-13(18)15)14-5-10-2-11(6-14)4-12(3-10)7-14/h8-12H,2-7H2,1H3. The second-order valence-corrected chi connectivity index (χ2v) is 7.30. The maximum Gasteiger partial charge on any atom is 0.225 e. The normalized spacial score (nSPS) is 43.3. The van der Waals surface area contributed by atoms with Gasteiger partial charge in [0.2, 0.25) is 5.28 Å². The largest absolute Gasteiger partial charge is 0.301 e. The summed E-state index contributed by atoms with van der Waals surface area (Å²) >= 11 is 6.16. The van der Waals surface area contributed by atoms with Crippen molar-refractivity contribution in [1.82, 2.24) is 14.8 Å². The molecule has 1 aromatic rings. The summed E-state index contributed by atoms with van der Waals surface area (Å²) in [5.41, 5.74) is 0.473. The van der Waals surface area contributed by atoms with Crippen LogP contribution in [-0.4, -0.2) is 14.8 Å². The van der Waals surface area contributed by atoms with Crippen LogP contribution in [-0.2, 0) is 0 Å². The van der Waals surface area contributed by atoms with Crippen molar-refractivity contribution >= 4 is 11.6 Å². The molecule has 4 saturated carbocycles. The molecule has 0 spiro atoms. The molecule has 0 saturated heterocycles. The van der Waals surface area contributed by atoms with E-state index >= 15 is 0 Å². The molecule has 1 atom stereocenters. The van der Waals surface area contributed by atoms with Crippen LogP contribution in [0.1, 0.15) is 51.5 Å². The number of aromatic nitrogens is 3. The summed E-state index contributed by atoms with van der Waals surface area (Å²) in [6, 6.07) is 0.452. The van der Waals surface area contributed by atoms with Crippen molar-refractivity contribution in [3.63, 3.8) is 0 Å². The van der Waals surface area contributed by atoms with E-state index in [9.17, 15) is 0 Å². The van der Waals surface area contributed by atoms with E-state index in [4.69, 9.17) is 11.6 Å². The maximum absolute atomic E-state index is 6.16. The van der Waals surface area contributed by atoms with Gasteiger partial charge in [-0.2, -0.15) is 0 Å². The van der Waals surface area contributed by atoms with Gasteiger partial charge in [0, 0.05) is 6.04 Å². The SMILES string of the molecule is CC(n1cnnc1Cl)C12CC3CC(CC(C3)C1)C2. The van der Waals surface area contributed by atoms with E-state index in [1.165, 1.54) is 38.5 Å². The Morgan fingerprint density at radius 1 is 1.22 bits per heavy atom. The Morgan fingerprint density at radius 2 is 1.78 bits per heavy atom. The predicted molar refractivity (Wildman–Crippen MR) is 70.3 cm³/mol. The van der Waals surface area contributed by atoms with E-state index in [-0.39, 0.29) is 0 Å². The molecule has 98 valence electrons. The van der Waals surface area contributed by atoms with Crippen molar-refractivity contribution in [2.75, 3.05) is 0 Å². The van der Waals surface area contributed by atoms with Crippen LogP contribution in [0.2, 0.25) is 5.28 Å². The number of nitrogens with zero attached hydrogens (tertiary/aromatic N) is 3. The number of halogens is 1. The van der Waals surface area contributed by atoms with Crippen LogP contribution in [0.4, 0.5) is 0 Å². The van der Waals surface area contributed by atoms with Gasteiger partial charge < -0.3 is 4.57 Å². The Balaban J connectivity index is 1.69. The van der Waals surface area contributed by atoms with E-state index in [0.717, 1.165) is 17.8 Å². The van der Waals surface area contributed by atoms with E-state index in [0.29, 0.717) is 16.7 Å². The minimum absolute atomic E-state index is 0.452. The monoisotopic (exact) mass is 265 g/mol. The first-order chi connectivity index (χ1) is 8.66. The maximum atomic E-state index is 6.16. The molecule has 18 heavy (non-hydrogen) atoms. The van der Waals surface area contributed by atoms with E-state index in [1.807, 2.05) is 6.33 Å². The van der Waals surface area contributed by atoms with Gasteiger partial charge in [0.25, 0.3) is 0 Å². The molecule has 1 heterocycles. The highest BCUT2D eigenvalue weighted by Crippen LogP contribution is 2.63. The minimum Gasteiger partial charge on any atom is -0.301 e. The average Bonchev–Trinajstić information content (AvgIpc) is 2.72. The Hall–Kier alpha value is -0.570. The average molecular weight is 266 g/mol. The molecule has 0 aromatic carbocycles. The lowest BCUT2D eigenvalue weighted by atomic mass is 9.48. The molecule has 5 rings (SSSR count). The van der Waals surface area contributed by atoms with Crippen LogP contribution >= 0.6 is 11.6 Å². The summed E-state index contributed by atoms with van der Waals surface area (Å²) in [5, 5.41) is 8.45. The molecule has 1 unspecified atom stereocenters. The van der Waals surface area contributed by atoms with Gasteiger partial charge in [0.1, 0.15) is 6.33 Å². The Bertz CT molecular complexity index is 432. The molecule has 4 fully saturated rings. The van der Waals surface area contributed by atoms with Crippen molar-refractivity contribution in [1.29, 1.82) is 0 Å². The zero-order chi connectivity index (χ0) is 12.3. The van der Waals surface area contributed by atoms with E-state index in [2.05, 4.69) is 21.7 Å². The van der Waals surface area contributed by atoms with Gasteiger partial charge >= 0.3 is 0 Å². The lowest BCUT2D eigenvalue weighted by Gasteiger charge is -2.59. The van der Waals surface area contributed by atoms with Crippen molar-refractivity contribution in [3.05, 3.63) is 11.6 Å². The van der Waals surface area contributed by atoms with Gasteiger partial charge in [-0.05, 0) is 80.2 Å². The molecule has 0 N–H and O–H groups in total. The van der Waals surface area contributed by atoms with Crippen LogP contribution in [0.5, 0.6) is 0 Å². The van der Waals surface area contributed by atoms with E-state index in [1.54, 1.807) is 0 Å². The third kappa shape index (κ3) is 1.49. The van der Waals surface area contributed by atoms with Crippen molar-refractivity contribution in [3.8, 4) is 0 Å². The molecular formula is C14H20ClN3. The molecule has 0 radical (unpaired) electrons. The summed E-state index contributed by atoms with van der Waals surface area (Å²) in [6.07, 6.45) is 10.5. The quantitative estimate of drug-likeness (QED) is 0.816. The fraction of sp³-hybridized carbons (Fsp3) is 0.857. The van der Waals surface area contributed by atoms with Crippen LogP contribution in [0, 0.1) is 23.2 Å². The lowest BCUT2D eigenvalue weighted by molar-refractivity contribution is -0.0788. The molecule has 4 aliphatic carbocycles. The third-order valence-electron chi connectivity index (χ3n) is 5.92. The molecule has 4 heteroatoms. The first kappa shape index (κ1) is 11.3. The minimum atomic E-state index is 0.452. The number of hydrogen-bond donors (Lipinski definition) is 0. The van der Waals surface area contributed by atoms with Crippen LogP contribution < -0.4 is 0 Å². The Labute approximate surface area is 113 Å². The zero-order valence-electron chi connectivity index (χ0n) is 10.8. The van der Waals surface area contributed by atoms with Crippen molar-refractivity contribution in [2.24, 2.45) is 23.2 Å². The number of rotatable bonds is 2. The second kappa shape index (κ2) is 3.72. The molecule has 3 nitrogen and oxygen atoms in total. The molecular weight excluding hydrogens is 246 g/mol. The van der Waals surface area contributed by atoms with Gasteiger partial charge in [0.15, 0.2) is 0 Å². The summed E-state index contributed by atoms with van der Waals surface area (Å²) in [7, 11) is 0. The smallest absolute Gasteiger partial charge is 0.225 e. The molecule has 4 aliphatic rings. The van der Waals surface area contributed by atoms with Gasteiger partial charge in [-0.3, -0.25) is 0 Å². The van der Waals surface area contributed by atoms with Crippen molar-refractivity contribution in [2.45, 2.75) is 51.5 Å². The van der Waals surface area contributed by atoms with Crippen LogP contribution in [0.25, 0.3) is 0 Å². The number of hydrogen-bond acceptors (Lipinski definition) is 2. The van der Waals surface area contributed by atoms with Gasteiger partial charge in [-0.15, -0.1) is 10.2 Å². The fourth-order valence-electron chi connectivity index (χ4n) is 5.47. The summed E-state index contributed by atoms with van der Waals surface area (Å²) in [4.78, 5) is 0. The highest BCUT2D eigenvalue weighted by molar-refractivity contribution is 6.28. The van der Waals surface area contributed by atoms with Crippen molar-refractivity contribution < 1.29 is 0 Å². The van der Waals surface area contributed by atoms with Crippen LogP contribution in [0.3, 0.4) is 0 Å². The summed E-state index contributed by atoms with van der Waals surface area (Å²) in [5.74, 6) is 2.94. The molecule has 0 aliphatic heterocycles. The Morgan fingerprint density at radius 3 is 2.22 bits per heavy atom. The van der Waals surface area contributed by atoms with E-state index < -0.39 is 0 Å². The van der Waals surface area contributed by atoms with Crippen LogP contribution in [0.15, 0.2) is 6.33 Å². The van der Waals surface area contributed by atoms with Gasteiger partial charge in [-0.1, -0.05) is 0 Å². The molecule has 1 aromatic heterocycles. The highest BCUT2D eigenvalue weighted by atomic mass is 35.5. The zero-order valence-corrected chi connectivity index (χ0v) is 11.6. The summed E-state index contributed by atoms with van der Waals surface area (Å²) in [6.45, 7) is 2.32. The van der Waals surface area contributed by atoms with Gasteiger partial charge in [0.05, 0.1) is 0 Å². The fourth-order valence-corrected chi connectivity index (χ4v) is 5.71. The highest BCUT2D eigenvalue weighted by Gasteiger charge is 2.53. The molecule has 0 amide bonds. The Kier molecular flexibility index (Phi) is 2.33. The lowest BCUT2D eigenvalue weighted by Crippen LogP contribution is -2.49. The van der Waals surface area contributed by atoms with Gasteiger partial charge in [-0.25, -0.2) is 0 Å². The molecule has 4 bridgehead atoms. The first-order valence-corrected chi connectivity index (χ1v) is 7.59. The second-order valence-electron chi connectivity index (χ2n) is 6.96. The summed E-state index contributed by atoms with van der Waals surface area (Å²) < 4.78 is 2.09.